The van der Waals surface area contributed by atoms with Gasteiger partial charge in [-0.25, -0.2) is 0 Å². The number of hydrogen-bond acceptors (Lipinski definition) is 13. The van der Waals surface area contributed by atoms with Gasteiger partial charge in [0, 0.05) is 57.5 Å². The highest BCUT2D eigenvalue weighted by molar-refractivity contribution is 9.10. The topological polar surface area (TPSA) is 97.7 Å². The number of tetrazole rings is 1. The zero-order valence-electron chi connectivity index (χ0n) is 40.4. The molecular weight excluding hydrogens is 1000 g/mol. The summed E-state index contributed by atoms with van der Waals surface area (Å²) in [6.07, 6.45) is 7.17. The van der Waals surface area contributed by atoms with Crippen LogP contribution < -0.4 is 14.7 Å². The maximum atomic E-state index is 9.20. The van der Waals surface area contributed by atoms with Crippen LogP contribution in [-0.4, -0.2) is 114 Å². The number of fused-ring (bicyclic) bond motifs is 6. The van der Waals surface area contributed by atoms with Gasteiger partial charge in [-0.1, -0.05) is 87.6 Å². The lowest BCUT2D eigenvalue weighted by molar-refractivity contribution is 0.255. The fourth-order valence-electron chi connectivity index (χ4n) is 10.8. The van der Waals surface area contributed by atoms with Crippen molar-refractivity contribution in [3.05, 3.63) is 137 Å². The number of H-pyrrole nitrogens is 1. The summed E-state index contributed by atoms with van der Waals surface area (Å²) in [5.74, 6) is 0.637. The first-order valence-electron chi connectivity index (χ1n) is 24.7. The van der Waals surface area contributed by atoms with Crippen molar-refractivity contribution >= 4 is 85.3 Å². The normalized spacial score (nSPS) is 18.3. The predicted octanol–water partition coefficient (Wildman–Crippen LogP) is 13.0. The van der Waals surface area contributed by atoms with Crippen molar-refractivity contribution in [1.82, 2.24) is 35.3 Å². The Kier molecular flexibility index (Phi) is 14.5. The van der Waals surface area contributed by atoms with Crippen LogP contribution in [0.3, 0.4) is 0 Å². The molecule has 0 unspecified atom stereocenters. The number of benzene rings is 6. The second-order valence-corrected chi connectivity index (χ2v) is 23.4. The highest BCUT2D eigenvalue weighted by Crippen LogP contribution is 2.53. The Labute approximate surface area is 439 Å². The number of anilines is 6. The van der Waals surface area contributed by atoms with Gasteiger partial charge in [0.1, 0.15) is 0 Å². The van der Waals surface area contributed by atoms with Crippen molar-refractivity contribution in [2.75, 3.05) is 75.1 Å². The summed E-state index contributed by atoms with van der Waals surface area (Å²) < 4.78 is 1.15. The standard InChI is InChI=1S/C19H20N6S.C19H19N3S.C18H19BrN2S/c1-24-10-8-14(9-11-24)25-15-4-2-3-5-17(15)26-18-12-13(6-7-16(18)25)19-20-22-23-21-19;1-21-10-8-15(9-11-21)22-16-4-2-3-5-18(16)23-19-12-14(13-20)6-7-17(19)22;1-20-10-8-14(9-11-20)21-15-4-2-3-5-17(15)22-18-12-13(19)6-7-16(18)21/h2-7,12,14H,8-11H2,1H3,(H,20,21,22,23);2-7,12,15H,8-11H2,1H3;2-7,12,14H,8-11H2,1H3. The Balaban J connectivity index is 0.000000116. The van der Waals surface area contributed by atoms with Gasteiger partial charge in [-0.3, -0.25) is 0 Å². The Bertz CT molecular complexity index is 3030. The number of piperidine rings is 3. The van der Waals surface area contributed by atoms with Crippen LogP contribution >= 0.6 is 51.2 Å². The van der Waals surface area contributed by atoms with Gasteiger partial charge in [0.2, 0.25) is 5.82 Å². The van der Waals surface area contributed by atoms with E-state index in [1.807, 2.05) is 35.7 Å². The minimum atomic E-state index is 0.528. The van der Waals surface area contributed by atoms with Crippen molar-refractivity contribution < 1.29 is 0 Å². The number of halogens is 1. The quantitative estimate of drug-likeness (QED) is 0.181. The van der Waals surface area contributed by atoms with Crippen molar-refractivity contribution in [3.63, 3.8) is 0 Å². The number of hydrogen-bond donors (Lipinski definition) is 1. The maximum absolute atomic E-state index is 9.20. The first-order valence-corrected chi connectivity index (χ1v) is 28.0. The van der Waals surface area contributed by atoms with Crippen molar-refractivity contribution in [1.29, 1.82) is 5.26 Å². The lowest BCUT2D eigenvalue weighted by Gasteiger charge is -2.42. The molecule has 15 heteroatoms. The Morgan fingerprint density at radius 3 is 1.32 bits per heavy atom. The van der Waals surface area contributed by atoms with Gasteiger partial charge in [-0.15, -0.1) is 10.2 Å². The highest BCUT2D eigenvalue weighted by atomic mass is 79.9. The fourth-order valence-corrected chi connectivity index (χ4v) is 14.6. The SMILES string of the molecule is CN1CCC(N2c3ccccc3Sc3cc(-c4nn[nH]n4)ccc32)CC1.CN1CCC(N2c3ccccc3Sc3cc(Br)ccc32)CC1.CN1CCC(N2c3ccccc3Sc3cc(C#N)ccc32)CC1. The number of aromatic nitrogens is 4. The van der Waals surface area contributed by atoms with Gasteiger partial charge in [-0.2, -0.15) is 10.5 Å². The van der Waals surface area contributed by atoms with E-state index in [1.165, 1.54) is 115 Å². The monoisotopic (exact) mass is 1060 g/mol. The van der Waals surface area contributed by atoms with Gasteiger partial charge in [-0.05, 0) is 195 Å². The molecule has 0 aliphatic carbocycles. The highest BCUT2D eigenvalue weighted by Gasteiger charge is 2.34. The first-order chi connectivity index (χ1) is 34.8. The van der Waals surface area contributed by atoms with E-state index >= 15 is 0 Å². The molecule has 6 aromatic carbocycles. The molecule has 6 aliphatic heterocycles. The summed E-state index contributed by atoms with van der Waals surface area (Å²) in [6.45, 7) is 6.94. The molecule has 0 bridgehead atoms. The fraction of sp³-hybridized carbons (Fsp3) is 0.321. The molecule has 362 valence electrons. The number of nitriles is 1. The van der Waals surface area contributed by atoms with E-state index in [4.69, 9.17) is 0 Å². The number of likely N-dealkylation sites (tertiary alicyclic amines) is 3. The molecule has 6 aliphatic rings. The summed E-state index contributed by atoms with van der Waals surface area (Å²) in [7, 11) is 6.63. The summed E-state index contributed by atoms with van der Waals surface area (Å²) >= 11 is 9.10. The third-order valence-corrected chi connectivity index (χ3v) is 18.4. The van der Waals surface area contributed by atoms with Crippen LogP contribution in [0.2, 0.25) is 0 Å². The van der Waals surface area contributed by atoms with Crippen LogP contribution in [0.4, 0.5) is 34.1 Å². The molecule has 7 heterocycles. The van der Waals surface area contributed by atoms with Crippen LogP contribution in [0.25, 0.3) is 11.4 Å². The molecule has 11 nitrogen and oxygen atoms in total. The minimum absolute atomic E-state index is 0.528. The van der Waals surface area contributed by atoms with Crippen LogP contribution in [0, 0.1) is 11.3 Å². The first kappa shape index (κ1) is 48.0. The molecule has 3 fully saturated rings. The minimum Gasteiger partial charge on any atom is -0.336 e. The molecule has 7 aromatic rings. The lowest BCUT2D eigenvalue weighted by Crippen LogP contribution is -2.42. The van der Waals surface area contributed by atoms with Crippen LogP contribution in [-0.2, 0) is 0 Å². The van der Waals surface area contributed by atoms with Gasteiger partial charge >= 0.3 is 0 Å². The molecule has 0 saturated carbocycles. The molecular formula is C56H58BrN11S3. The van der Waals surface area contributed by atoms with E-state index in [9.17, 15) is 5.26 Å². The lowest BCUT2D eigenvalue weighted by atomic mass is 10.0. The number of rotatable bonds is 4. The van der Waals surface area contributed by atoms with Crippen LogP contribution in [0.5, 0.6) is 0 Å². The van der Waals surface area contributed by atoms with Crippen LogP contribution in [0.15, 0.2) is 161 Å². The molecule has 71 heavy (non-hydrogen) atoms. The summed E-state index contributed by atoms with van der Waals surface area (Å²) in [4.78, 5) is 22.7. The van der Waals surface area contributed by atoms with Gasteiger partial charge in [0.25, 0.3) is 0 Å². The van der Waals surface area contributed by atoms with E-state index in [-0.39, 0.29) is 0 Å². The molecule has 13 rings (SSSR count). The number of para-hydroxylation sites is 3. The van der Waals surface area contributed by atoms with Crippen molar-refractivity contribution in [3.8, 4) is 17.5 Å². The largest absolute Gasteiger partial charge is 0.336 e. The molecule has 0 radical (unpaired) electrons. The molecule has 3 saturated heterocycles. The van der Waals surface area contributed by atoms with Gasteiger partial charge in [0.05, 0.1) is 45.8 Å². The molecule has 1 aromatic heterocycles. The number of nitrogens with zero attached hydrogens (tertiary/aromatic N) is 10. The molecule has 1 N–H and O–H groups in total. The van der Waals surface area contributed by atoms with Gasteiger partial charge in [0.15, 0.2) is 0 Å². The Hall–Kier alpha value is -5.31. The van der Waals surface area contributed by atoms with E-state index in [0.717, 1.165) is 41.8 Å². The zero-order chi connectivity index (χ0) is 48.4. The van der Waals surface area contributed by atoms with Crippen LogP contribution in [0.1, 0.15) is 44.1 Å². The Morgan fingerprint density at radius 2 is 0.887 bits per heavy atom. The smallest absolute Gasteiger partial charge is 0.204 e. The molecule has 0 atom stereocenters. The second kappa shape index (κ2) is 21.4. The van der Waals surface area contributed by atoms with Crippen molar-refractivity contribution in [2.24, 2.45) is 0 Å². The molecule has 0 amide bonds. The average Bonchev–Trinajstić information content (AvgIpc) is 3.96. The Morgan fingerprint density at radius 1 is 0.493 bits per heavy atom. The maximum Gasteiger partial charge on any atom is 0.204 e. The number of nitrogens with one attached hydrogen (secondary N) is 1. The van der Waals surface area contributed by atoms with E-state index < -0.39 is 0 Å². The average molecular weight is 1060 g/mol. The predicted molar refractivity (Wildman–Crippen MR) is 295 cm³/mol. The van der Waals surface area contributed by atoms with E-state index in [1.54, 1.807) is 11.8 Å². The summed E-state index contributed by atoms with van der Waals surface area (Å²) in [6, 6.07) is 49.3. The third-order valence-electron chi connectivity index (χ3n) is 14.5. The third kappa shape index (κ3) is 10.2. The summed E-state index contributed by atoms with van der Waals surface area (Å²) in [5, 5.41) is 23.7. The molecule has 0 spiro atoms. The summed E-state index contributed by atoms with van der Waals surface area (Å²) in [5.41, 5.74) is 9.64. The number of aromatic amines is 1. The van der Waals surface area contributed by atoms with E-state index in [2.05, 4.69) is 208 Å². The zero-order valence-corrected chi connectivity index (χ0v) is 44.5. The van der Waals surface area contributed by atoms with Crippen molar-refractivity contribution in [2.45, 2.75) is 86.0 Å². The second-order valence-electron chi connectivity index (χ2n) is 19.2. The van der Waals surface area contributed by atoms with E-state index in [0.29, 0.717) is 23.9 Å². The van der Waals surface area contributed by atoms with Gasteiger partial charge < -0.3 is 29.4 Å².